The molecule has 0 spiro atoms. The molecule has 1 unspecified atom stereocenters. The van der Waals surface area contributed by atoms with Gasteiger partial charge in [-0.2, -0.15) is 5.10 Å². The molecule has 2 N–H and O–H groups in total. The first-order valence-electron chi connectivity index (χ1n) is 8.73. The van der Waals surface area contributed by atoms with E-state index in [9.17, 15) is 9.59 Å². The Morgan fingerprint density at radius 2 is 1.92 bits per heavy atom. The topological polar surface area (TPSA) is 73.8 Å². The van der Waals surface area contributed by atoms with Crippen molar-refractivity contribution in [2.24, 2.45) is 5.10 Å². The highest BCUT2D eigenvalue weighted by Crippen LogP contribution is 2.30. The predicted octanol–water partition coefficient (Wildman–Crippen LogP) is 2.57. The van der Waals surface area contributed by atoms with Gasteiger partial charge in [0.1, 0.15) is 0 Å². The van der Waals surface area contributed by atoms with E-state index in [1.165, 1.54) is 0 Å². The van der Waals surface area contributed by atoms with Crippen LogP contribution in [-0.2, 0) is 17.8 Å². The molecule has 132 valence electrons. The third-order valence-corrected chi connectivity index (χ3v) is 4.79. The number of carbonyl (C=O) groups excluding carboxylic acids is 2. The maximum Gasteiger partial charge on any atom is 0.335 e. The summed E-state index contributed by atoms with van der Waals surface area (Å²) < 4.78 is 0. The van der Waals surface area contributed by atoms with Crippen LogP contribution in [0.25, 0.3) is 0 Å². The van der Waals surface area contributed by atoms with Gasteiger partial charge in [-0.25, -0.2) is 10.2 Å². The van der Waals surface area contributed by atoms with Crippen LogP contribution >= 0.6 is 0 Å². The molecule has 0 bridgehead atoms. The standard InChI is InChI=1S/C20H20N4O2/c1-13-19(22-23-20(26)21-13)16-7-9-17-15(11-16)8-10-18(25)24(17)12-14-5-3-2-4-6-14/h2-7,9,11,13H,8,10,12H2,1H3,(H2,21,23,26). The highest BCUT2D eigenvalue weighted by molar-refractivity contribution is 6.08. The fourth-order valence-corrected chi connectivity index (χ4v) is 3.48. The number of urea groups is 1. The fraction of sp³-hybridized carbons (Fsp3) is 0.250. The minimum Gasteiger partial charge on any atom is -0.328 e. The minimum atomic E-state index is -0.293. The molecule has 6 nitrogen and oxygen atoms in total. The van der Waals surface area contributed by atoms with Crippen molar-refractivity contribution < 1.29 is 9.59 Å². The van der Waals surface area contributed by atoms with Crippen LogP contribution in [0, 0.1) is 0 Å². The summed E-state index contributed by atoms with van der Waals surface area (Å²) in [7, 11) is 0. The van der Waals surface area contributed by atoms with E-state index < -0.39 is 0 Å². The van der Waals surface area contributed by atoms with Crippen LogP contribution in [0.1, 0.15) is 30.0 Å². The lowest BCUT2D eigenvalue weighted by Gasteiger charge is -2.30. The maximum absolute atomic E-state index is 12.5. The highest BCUT2D eigenvalue weighted by Gasteiger charge is 2.26. The van der Waals surface area contributed by atoms with Gasteiger partial charge in [0.25, 0.3) is 0 Å². The number of amides is 3. The van der Waals surface area contributed by atoms with Gasteiger partial charge < -0.3 is 10.2 Å². The molecule has 0 saturated carbocycles. The fourth-order valence-electron chi connectivity index (χ4n) is 3.48. The van der Waals surface area contributed by atoms with Gasteiger partial charge in [0.2, 0.25) is 5.91 Å². The lowest BCUT2D eigenvalue weighted by molar-refractivity contribution is -0.119. The molecule has 0 radical (unpaired) electrons. The second-order valence-electron chi connectivity index (χ2n) is 6.61. The summed E-state index contributed by atoms with van der Waals surface area (Å²) in [6.45, 7) is 2.48. The summed E-state index contributed by atoms with van der Waals surface area (Å²) in [5.41, 5.74) is 7.40. The average molecular weight is 348 g/mol. The summed E-state index contributed by atoms with van der Waals surface area (Å²) in [5.74, 6) is 0.145. The molecule has 2 aromatic carbocycles. The van der Waals surface area contributed by atoms with Gasteiger partial charge in [0, 0.05) is 17.7 Å². The van der Waals surface area contributed by atoms with E-state index in [0.717, 1.165) is 34.5 Å². The van der Waals surface area contributed by atoms with E-state index in [0.29, 0.717) is 13.0 Å². The van der Waals surface area contributed by atoms with Crippen LogP contribution in [0.2, 0.25) is 0 Å². The average Bonchev–Trinajstić information content (AvgIpc) is 2.65. The van der Waals surface area contributed by atoms with E-state index >= 15 is 0 Å². The van der Waals surface area contributed by atoms with Crippen LogP contribution in [0.15, 0.2) is 53.6 Å². The number of hydrogen-bond donors (Lipinski definition) is 2. The first-order valence-corrected chi connectivity index (χ1v) is 8.73. The largest absolute Gasteiger partial charge is 0.335 e. The highest BCUT2D eigenvalue weighted by atomic mass is 16.2. The van der Waals surface area contributed by atoms with Crippen LogP contribution in [0.3, 0.4) is 0 Å². The van der Waals surface area contributed by atoms with Crippen molar-refractivity contribution in [2.45, 2.75) is 32.4 Å². The van der Waals surface area contributed by atoms with Crippen molar-refractivity contribution in [3.8, 4) is 0 Å². The minimum absolute atomic E-state index is 0.145. The Labute approximate surface area is 151 Å². The van der Waals surface area contributed by atoms with Gasteiger partial charge in [-0.05, 0) is 36.6 Å². The van der Waals surface area contributed by atoms with Crippen molar-refractivity contribution in [3.63, 3.8) is 0 Å². The summed E-state index contributed by atoms with van der Waals surface area (Å²) in [6.07, 6.45) is 1.22. The lowest BCUT2D eigenvalue weighted by atomic mass is 9.95. The first kappa shape index (κ1) is 16.3. The van der Waals surface area contributed by atoms with Gasteiger partial charge in [0.15, 0.2) is 0 Å². The number of nitrogens with one attached hydrogen (secondary N) is 2. The summed E-state index contributed by atoms with van der Waals surface area (Å²) >= 11 is 0. The molecule has 6 heteroatoms. The Kier molecular flexibility index (Phi) is 4.16. The SMILES string of the molecule is CC1NC(=O)NN=C1c1ccc2c(c1)CCC(=O)N2Cc1ccccc1. The van der Waals surface area contributed by atoms with Crippen molar-refractivity contribution in [3.05, 3.63) is 65.2 Å². The quantitative estimate of drug-likeness (QED) is 0.895. The Hall–Kier alpha value is -3.15. The van der Waals surface area contributed by atoms with E-state index in [1.807, 2.05) is 54.3 Å². The number of fused-ring (bicyclic) bond motifs is 1. The Morgan fingerprint density at radius 3 is 2.69 bits per heavy atom. The summed E-state index contributed by atoms with van der Waals surface area (Å²) in [5, 5.41) is 7.00. The van der Waals surface area contributed by atoms with E-state index in [4.69, 9.17) is 0 Å². The molecule has 2 aromatic rings. The zero-order chi connectivity index (χ0) is 18.1. The molecule has 2 aliphatic heterocycles. The number of anilines is 1. The zero-order valence-corrected chi connectivity index (χ0v) is 14.5. The third kappa shape index (κ3) is 3.06. The molecule has 0 aliphatic carbocycles. The first-order chi connectivity index (χ1) is 12.6. The molecule has 0 aromatic heterocycles. The number of hydrazone groups is 1. The molecular weight excluding hydrogens is 328 g/mol. The van der Waals surface area contributed by atoms with Crippen LogP contribution < -0.4 is 15.6 Å². The number of nitrogens with zero attached hydrogens (tertiary/aromatic N) is 2. The van der Waals surface area contributed by atoms with Crippen molar-refractivity contribution in [1.82, 2.24) is 10.7 Å². The maximum atomic E-state index is 12.5. The predicted molar refractivity (Wildman–Crippen MR) is 100 cm³/mol. The van der Waals surface area contributed by atoms with Crippen LogP contribution in [-0.4, -0.2) is 23.7 Å². The van der Waals surface area contributed by atoms with Gasteiger partial charge in [-0.1, -0.05) is 36.4 Å². The molecule has 0 fully saturated rings. The number of rotatable bonds is 3. The number of hydrogen-bond acceptors (Lipinski definition) is 3. The van der Waals surface area contributed by atoms with Crippen molar-refractivity contribution in [1.29, 1.82) is 0 Å². The summed E-state index contributed by atoms with van der Waals surface area (Å²) in [6, 6.07) is 15.6. The Morgan fingerprint density at radius 1 is 1.12 bits per heavy atom. The lowest BCUT2D eigenvalue weighted by Crippen LogP contribution is -2.48. The van der Waals surface area contributed by atoms with Gasteiger partial charge >= 0.3 is 6.03 Å². The number of carbonyl (C=O) groups is 2. The van der Waals surface area contributed by atoms with E-state index in [2.05, 4.69) is 21.9 Å². The Bertz CT molecular complexity index is 892. The third-order valence-electron chi connectivity index (χ3n) is 4.79. The molecule has 3 amide bonds. The smallest absolute Gasteiger partial charge is 0.328 e. The van der Waals surface area contributed by atoms with Crippen LogP contribution in [0.4, 0.5) is 10.5 Å². The molecule has 0 saturated heterocycles. The second-order valence-corrected chi connectivity index (χ2v) is 6.61. The Balaban J connectivity index is 1.65. The van der Waals surface area contributed by atoms with Gasteiger partial charge in [-0.3, -0.25) is 4.79 Å². The normalized spacial score (nSPS) is 19.3. The molecule has 2 heterocycles. The molecule has 1 atom stereocenters. The van der Waals surface area contributed by atoms with E-state index in [-0.39, 0.29) is 18.0 Å². The van der Waals surface area contributed by atoms with Gasteiger partial charge in [0.05, 0.1) is 18.3 Å². The zero-order valence-electron chi connectivity index (χ0n) is 14.5. The molecular formula is C20H20N4O2. The monoisotopic (exact) mass is 348 g/mol. The van der Waals surface area contributed by atoms with Gasteiger partial charge in [-0.15, -0.1) is 0 Å². The molecule has 2 aliphatic rings. The van der Waals surface area contributed by atoms with Crippen molar-refractivity contribution >= 4 is 23.3 Å². The number of aryl methyl sites for hydroxylation is 1. The second kappa shape index (κ2) is 6.63. The van der Waals surface area contributed by atoms with Crippen molar-refractivity contribution in [2.75, 3.05) is 4.90 Å². The molecule has 26 heavy (non-hydrogen) atoms. The molecule has 4 rings (SSSR count). The number of benzene rings is 2. The van der Waals surface area contributed by atoms with Crippen LogP contribution in [0.5, 0.6) is 0 Å². The van der Waals surface area contributed by atoms with E-state index in [1.54, 1.807) is 0 Å². The summed E-state index contributed by atoms with van der Waals surface area (Å²) in [4.78, 5) is 25.7.